The van der Waals surface area contributed by atoms with Crippen LogP contribution in [0, 0.1) is 11.6 Å². The zero-order valence-corrected chi connectivity index (χ0v) is 25.3. The van der Waals surface area contributed by atoms with E-state index in [0.717, 1.165) is 49.2 Å². The van der Waals surface area contributed by atoms with Crippen LogP contribution in [0.25, 0.3) is 22.3 Å². The summed E-state index contributed by atoms with van der Waals surface area (Å²) >= 11 is 0. The quantitative estimate of drug-likeness (QED) is 0.244. The number of halogens is 2. The summed E-state index contributed by atoms with van der Waals surface area (Å²) in [6.45, 7) is 3.79. The van der Waals surface area contributed by atoms with Crippen LogP contribution >= 0.6 is 0 Å². The Morgan fingerprint density at radius 3 is 2.45 bits per heavy atom. The number of fused-ring (bicyclic) bond motifs is 1. The average molecular weight is 634 g/mol. The lowest BCUT2D eigenvalue weighted by molar-refractivity contribution is 0.102. The van der Waals surface area contributed by atoms with Gasteiger partial charge in [0, 0.05) is 73.3 Å². The Labute approximate surface area is 268 Å². The highest BCUT2D eigenvalue weighted by molar-refractivity contribution is 6.04. The standard InChI is InChI=1S/C35H29F2N7O3/c1-41-15-17-42(18-16-41)33-11-4-23(21-38-33)24-19-32(30-12-13-39-44(30)22-24)47-31-10-7-26(20-29(31)37)40-34(45)28-3-2-14-43(35(28)46)27-8-5-25(36)6-9-27/h2-14,19-22H,15-18H2,1H3,(H,40,45). The van der Waals surface area contributed by atoms with Crippen molar-refractivity contribution in [1.82, 2.24) is 24.1 Å². The number of benzene rings is 2. The maximum Gasteiger partial charge on any atom is 0.267 e. The maximum absolute atomic E-state index is 15.4. The van der Waals surface area contributed by atoms with Crippen LogP contribution in [-0.4, -0.2) is 63.2 Å². The Hall–Kier alpha value is -5.88. The SMILES string of the molecule is CN1CCN(c2ccc(-c3cc(Oc4ccc(NC(=O)c5cccn(-c6ccc(F)cc6)c5=O)cc4F)c4ccnn4c3)cn2)CC1. The van der Waals surface area contributed by atoms with Gasteiger partial charge in [0.05, 0.1) is 6.20 Å². The second-order valence-electron chi connectivity index (χ2n) is 11.2. The molecule has 6 aromatic rings. The molecule has 1 saturated heterocycles. The summed E-state index contributed by atoms with van der Waals surface area (Å²) in [5.74, 6) is -0.661. The van der Waals surface area contributed by atoms with Crippen molar-refractivity contribution >= 4 is 22.9 Å². The van der Waals surface area contributed by atoms with E-state index in [4.69, 9.17) is 9.72 Å². The third-order valence-corrected chi connectivity index (χ3v) is 8.09. The molecule has 5 heterocycles. The number of anilines is 2. The van der Waals surface area contributed by atoms with Crippen LogP contribution in [0.2, 0.25) is 0 Å². The lowest BCUT2D eigenvalue weighted by Gasteiger charge is -2.33. The summed E-state index contributed by atoms with van der Waals surface area (Å²) in [5, 5.41) is 6.93. The Bertz CT molecular complexity index is 2140. The molecule has 1 aliphatic rings. The number of amides is 1. The van der Waals surface area contributed by atoms with Crippen LogP contribution in [0.1, 0.15) is 10.4 Å². The monoisotopic (exact) mass is 633 g/mol. The Kier molecular flexibility index (Phi) is 7.92. The molecule has 0 aliphatic carbocycles. The fraction of sp³-hybridized carbons (Fsp3) is 0.143. The Balaban J connectivity index is 1.10. The molecule has 0 radical (unpaired) electrons. The number of ether oxygens (including phenoxy) is 1. The van der Waals surface area contributed by atoms with Gasteiger partial charge in [0.2, 0.25) is 0 Å². The van der Waals surface area contributed by atoms with E-state index >= 15 is 4.39 Å². The normalized spacial score (nSPS) is 13.6. The van der Waals surface area contributed by atoms with Gasteiger partial charge in [0.25, 0.3) is 11.5 Å². The third kappa shape index (κ3) is 6.18. The first kappa shape index (κ1) is 29.8. The van der Waals surface area contributed by atoms with E-state index in [9.17, 15) is 14.0 Å². The van der Waals surface area contributed by atoms with Crippen LogP contribution in [-0.2, 0) is 0 Å². The molecule has 1 amide bonds. The molecule has 236 valence electrons. The smallest absolute Gasteiger partial charge is 0.267 e. The molecule has 0 bridgehead atoms. The lowest BCUT2D eigenvalue weighted by Crippen LogP contribution is -2.44. The van der Waals surface area contributed by atoms with E-state index in [1.165, 1.54) is 59.3 Å². The highest BCUT2D eigenvalue weighted by Crippen LogP contribution is 2.33. The molecular weight excluding hydrogens is 604 g/mol. The van der Waals surface area contributed by atoms with Gasteiger partial charge >= 0.3 is 0 Å². The molecule has 4 aromatic heterocycles. The predicted molar refractivity (Wildman–Crippen MR) is 175 cm³/mol. The minimum atomic E-state index is -0.722. The van der Waals surface area contributed by atoms with E-state index in [2.05, 4.69) is 27.3 Å². The number of likely N-dealkylation sites (N-methyl/N-ethyl adjacent to an activating group) is 1. The second-order valence-corrected chi connectivity index (χ2v) is 11.2. The van der Waals surface area contributed by atoms with Gasteiger partial charge in [0.1, 0.15) is 22.7 Å². The van der Waals surface area contributed by atoms with Gasteiger partial charge in [0.15, 0.2) is 17.3 Å². The first-order chi connectivity index (χ1) is 22.8. The van der Waals surface area contributed by atoms with Crippen LogP contribution in [0.5, 0.6) is 11.5 Å². The van der Waals surface area contributed by atoms with Gasteiger partial charge < -0.3 is 19.9 Å². The van der Waals surface area contributed by atoms with Crippen molar-refractivity contribution in [2.24, 2.45) is 0 Å². The van der Waals surface area contributed by atoms with E-state index < -0.39 is 23.1 Å². The molecule has 47 heavy (non-hydrogen) atoms. The van der Waals surface area contributed by atoms with Crippen LogP contribution in [0.15, 0.2) is 108 Å². The summed E-state index contributed by atoms with van der Waals surface area (Å²) < 4.78 is 37.7. The van der Waals surface area contributed by atoms with Gasteiger partial charge in [-0.15, -0.1) is 0 Å². The average Bonchev–Trinajstić information content (AvgIpc) is 3.56. The maximum atomic E-state index is 15.4. The molecule has 10 nitrogen and oxygen atoms in total. The summed E-state index contributed by atoms with van der Waals surface area (Å²) in [7, 11) is 2.11. The summed E-state index contributed by atoms with van der Waals surface area (Å²) in [4.78, 5) is 35.3. The minimum Gasteiger partial charge on any atom is -0.452 e. The fourth-order valence-corrected chi connectivity index (χ4v) is 5.47. The van der Waals surface area contributed by atoms with Crippen LogP contribution in [0.3, 0.4) is 0 Å². The molecule has 0 saturated carbocycles. The third-order valence-electron chi connectivity index (χ3n) is 8.09. The van der Waals surface area contributed by atoms with Crippen molar-refractivity contribution < 1.29 is 18.3 Å². The first-order valence-corrected chi connectivity index (χ1v) is 15.0. The molecule has 1 N–H and O–H groups in total. The molecule has 0 unspecified atom stereocenters. The number of hydrogen-bond donors (Lipinski definition) is 1. The van der Waals surface area contributed by atoms with Crippen LogP contribution in [0.4, 0.5) is 20.3 Å². The number of piperazine rings is 1. The summed E-state index contributed by atoms with van der Waals surface area (Å²) in [5.41, 5.74) is 2.03. The van der Waals surface area contributed by atoms with Gasteiger partial charge in [-0.2, -0.15) is 5.10 Å². The number of nitrogens with one attached hydrogen (secondary N) is 1. The number of nitrogens with zero attached hydrogens (tertiary/aromatic N) is 6. The minimum absolute atomic E-state index is 0.0647. The summed E-state index contributed by atoms with van der Waals surface area (Å²) in [6.07, 6.45) is 6.77. The number of carbonyl (C=O) groups excluding carboxylic acids is 1. The van der Waals surface area contributed by atoms with E-state index in [0.29, 0.717) is 17.0 Å². The molecule has 7 rings (SSSR count). The largest absolute Gasteiger partial charge is 0.452 e. The van der Waals surface area contributed by atoms with Crippen LogP contribution < -0.4 is 20.5 Å². The molecule has 0 spiro atoms. The highest BCUT2D eigenvalue weighted by atomic mass is 19.1. The first-order valence-electron chi connectivity index (χ1n) is 15.0. The number of hydrogen-bond acceptors (Lipinski definition) is 7. The van der Waals surface area contributed by atoms with Gasteiger partial charge in [-0.05, 0) is 79.8 Å². The Morgan fingerprint density at radius 1 is 0.894 bits per heavy atom. The number of carbonyl (C=O) groups is 1. The molecular formula is C35H29F2N7O3. The molecule has 12 heteroatoms. The summed E-state index contributed by atoms with van der Waals surface area (Å²) in [6, 6.07) is 19.8. The lowest BCUT2D eigenvalue weighted by atomic mass is 10.1. The molecule has 1 fully saturated rings. The highest BCUT2D eigenvalue weighted by Gasteiger charge is 2.18. The van der Waals surface area contributed by atoms with Crippen molar-refractivity contribution in [3.05, 3.63) is 131 Å². The van der Waals surface area contributed by atoms with Gasteiger partial charge in [-0.25, -0.2) is 18.3 Å². The van der Waals surface area contributed by atoms with Crippen molar-refractivity contribution in [3.63, 3.8) is 0 Å². The fourth-order valence-electron chi connectivity index (χ4n) is 5.47. The number of aromatic nitrogens is 4. The zero-order valence-electron chi connectivity index (χ0n) is 25.3. The van der Waals surface area contributed by atoms with E-state index in [1.807, 2.05) is 18.3 Å². The van der Waals surface area contributed by atoms with Crippen molar-refractivity contribution in [1.29, 1.82) is 0 Å². The van der Waals surface area contributed by atoms with Gasteiger partial charge in [-0.1, -0.05) is 0 Å². The number of rotatable bonds is 7. The van der Waals surface area contributed by atoms with E-state index in [-0.39, 0.29) is 17.0 Å². The van der Waals surface area contributed by atoms with Crippen molar-refractivity contribution in [2.45, 2.75) is 0 Å². The van der Waals surface area contributed by atoms with E-state index in [1.54, 1.807) is 29.0 Å². The van der Waals surface area contributed by atoms with Crippen molar-refractivity contribution in [3.8, 4) is 28.3 Å². The van der Waals surface area contributed by atoms with Crippen molar-refractivity contribution in [2.75, 3.05) is 43.4 Å². The zero-order chi connectivity index (χ0) is 32.5. The Morgan fingerprint density at radius 2 is 1.70 bits per heavy atom. The molecule has 0 atom stereocenters. The number of pyridine rings is 3. The second kappa shape index (κ2) is 12.5. The van der Waals surface area contributed by atoms with Gasteiger partial charge in [-0.3, -0.25) is 14.2 Å². The predicted octanol–water partition coefficient (Wildman–Crippen LogP) is 5.62. The molecule has 2 aromatic carbocycles. The topological polar surface area (TPSA) is 97.0 Å². The molecule has 1 aliphatic heterocycles.